The Morgan fingerprint density at radius 1 is 1.16 bits per heavy atom. The molecule has 0 radical (unpaired) electrons. The van der Waals surface area contributed by atoms with Crippen LogP contribution < -0.4 is 10.2 Å². The topological polar surface area (TPSA) is 71.5 Å². The third-order valence-electron chi connectivity index (χ3n) is 4.78. The molecule has 2 aromatic rings. The summed E-state index contributed by atoms with van der Waals surface area (Å²) in [5.74, 6) is -0.448. The summed E-state index contributed by atoms with van der Waals surface area (Å²) in [6.45, 7) is 6.72. The number of halogens is 3. The summed E-state index contributed by atoms with van der Waals surface area (Å²) in [4.78, 5) is 30.6. The lowest BCUT2D eigenvalue weighted by Gasteiger charge is -2.38. The fourth-order valence-corrected chi connectivity index (χ4v) is 3.45. The van der Waals surface area contributed by atoms with Crippen LogP contribution in [0.5, 0.6) is 0 Å². The number of carbonyl (C=O) groups excluding carboxylic acids is 2. The number of alkyl carbamates (subject to hydrolysis) is 1. The quantitative estimate of drug-likeness (QED) is 0.762. The number of rotatable bonds is 3. The molecule has 2 atom stereocenters. The Kier molecular flexibility index (Phi) is 5.98. The van der Waals surface area contributed by atoms with Crippen LogP contribution in [0.25, 0.3) is 0 Å². The molecular formula is C22H24F3N3O3. The first-order valence-electron chi connectivity index (χ1n) is 9.81. The minimum atomic E-state index is -4.60. The van der Waals surface area contributed by atoms with Crippen molar-refractivity contribution >= 4 is 17.7 Å². The van der Waals surface area contributed by atoms with E-state index in [9.17, 15) is 22.8 Å². The Hall–Kier alpha value is -3.10. The van der Waals surface area contributed by atoms with E-state index in [-0.39, 0.29) is 12.1 Å². The van der Waals surface area contributed by atoms with E-state index in [1.54, 1.807) is 45.9 Å². The van der Waals surface area contributed by atoms with Crippen molar-refractivity contribution in [3.05, 3.63) is 59.4 Å². The van der Waals surface area contributed by atoms with E-state index in [1.807, 2.05) is 6.07 Å². The van der Waals surface area contributed by atoms with E-state index in [4.69, 9.17) is 4.74 Å². The molecule has 166 valence electrons. The molecule has 9 heteroatoms. The van der Waals surface area contributed by atoms with Crippen molar-refractivity contribution in [2.24, 2.45) is 0 Å². The Balaban J connectivity index is 1.94. The van der Waals surface area contributed by atoms with Crippen LogP contribution in [0.1, 0.15) is 50.7 Å². The predicted molar refractivity (Wildman–Crippen MR) is 108 cm³/mol. The molecule has 0 fully saturated rings. The van der Waals surface area contributed by atoms with Gasteiger partial charge >= 0.3 is 12.3 Å². The van der Waals surface area contributed by atoms with Gasteiger partial charge in [0.15, 0.2) is 0 Å². The number of nitrogens with one attached hydrogen (secondary N) is 1. The van der Waals surface area contributed by atoms with Gasteiger partial charge in [-0.05, 0) is 51.5 Å². The van der Waals surface area contributed by atoms with Crippen molar-refractivity contribution < 1.29 is 27.5 Å². The van der Waals surface area contributed by atoms with Crippen molar-refractivity contribution in [3.63, 3.8) is 0 Å². The van der Waals surface area contributed by atoms with Gasteiger partial charge < -0.3 is 15.0 Å². The summed E-state index contributed by atoms with van der Waals surface area (Å²) in [7, 11) is 0. The highest BCUT2D eigenvalue weighted by Crippen LogP contribution is 2.35. The molecule has 1 aliphatic rings. The predicted octanol–water partition coefficient (Wildman–Crippen LogP) is 4.64. The minimum absolute atomic E-state index is 0.0934. The second-order valence-electron chi connectivity index (χ2n) is 8.36. The lowest BCUT2D eigenvalue weighted by molar-refractivity contribution is -0.141. The summed E-state index contributed by atoms with van der Waals surface area (Å²) < 4.78 is 44.6. The van der Waals surface area contributed by atoms with E-state index in [2.05, 4.69) is 10.3 Å². The Bertz CT molecular complexity index is 986. The van der Waals surface area contributed by atoms with Crippen LogP contribution in [0, 0.1) is 0 Å². The third-order valence-corrected chi connectivity index (χ3v) is 4.78. The second kappa shape index (κ2) is 8.20. The van der Waals surface area contributed by atoms with Gasteiger partial charge in [-0.3, -0.25) is 4.79 Å². The number of hydrogen-bond acceptors (Lipinski definition) is 4. The van der Waals surface area contributed by atoms with Gasteiger partial charge in [0.25, 0.3) is 5.91 Å². The van der Waals surface area contributed by atoms with Crippen molar-refractivity contribution in [2.75, 3.05) is 4.90 Å². The SMILES string of the molecule is C[C@@H](c1cccc(C(F)(F)F)n1)N1C(=O)[C@H](NC(=O)OC(C)(C)C)Cc2ccccc21. The molecule has 1 N–H and O–H groups in total. The van der Waals surface area contributed by atoms with Gasteiger partial charge in [0, 0.05) is 12.1 Å². The Morgan fingerprint density at radius 2 is 1.84 bits per heavy atom. The van der Waals surface area contributed by atoms with E-state index in [0.29, 0.717) is 5.69 Å². The molecule has 1 aromatic heterocycles. The first kappa shape index (κ1) is 22.6. The smallest absolute Gasteiger partial charge is 0.433 e. The summed E-state index contributed by atoms with van der Waals surface area (Å²) in [5.41, 5.74) is -0.327. The van der Waals surface area contributed by atoms with Crippen LogP contribution >= 0.6 is 0 Å². The number of pyridine rings is 1. The zero-order valence-electron chi connectivity index (χ0n) is 17.7. The van der Waals surface area contributed by atoms with E-state index in [1.165, 1.54) is 17.0 Å². The fraction of sp³-hybridized carbons (Fsp3) is 0.409. The van der Waals surface area contributed by atoms with Crippen LogP contribution in [0.2, 0.25) is 0 Å². The van der Waals surface area contributed by atoms with Crippen LogP contribution in [0.3, 0.4) is 0 Å². The highest BCUT2D eigenvalue weighted by molar-refractivity contribution is 6.02. The molecule has 0 aliphatic carbocycles. The van der Waals surface area contributed by atoms with Crippen molar-refractivity contribution in [3.8, 4) is 0 Å². The minimum Gasteiger partial charge on any atom is -0.444 e. The number of nitrogens with zero attached hydrogens (tertiary/aromatic N) is 2. The first-order chi connectivity index (χ1) is 14.4. The largest absolute Gasteiger partial charge is 0.444 e. The van der Waals surface area contributed by atoms with Gasteiger partial charge in [0.05, 0.1) is 11.7 Å². The molecule has 6 nitrogen and oxygen atoms in total. The number of aromatic nitrogens is 1. The normalized spacial score (nSPS) is 17.7. The molecular weight excluding hydrogens is 411 g/mol. The second-order valence-corrected chi connectivity index (χ2v) is 8.36. The standard InChI is InChI=1S/C22H24F3N3O3/c1-13(15-9-7-11-18(26-15)22(23,24)25)28-17-10-6-5-8-14(17)12-16(19(28)29)27-20(30)31-21(2,3)4/h5-11,13,16H,12H2,1-4H3,(H,27,30)/t13-,16+/m0/s1. The number of carbonyl (C=O) groups is 2. The molecule has 0 bridgehead atoms. The van der Waals surface area contributed by atoms with E-state index >= 15 is 0 Å². The summed E-state index contributed by atoms with van der Waals surface area (Å²) in [6, 6.07) is 8.95. The molecule has 2 amide bonds. The number of fused-ring (bicyclic) bond motifs is 1. The van der Waals surface area contributed by atoms with Gasteiger partial charge in [-0.25, -0.2) is 9.78 Å². The summed E-state index contributed by atoms with van der Waals surface area (Å²) in [6.07, 6.45) is -5.09. The van der Waals surface area contributed by atoms with Gasteiger partial charge in [-0.2, -0.15) is 13.2 Å². The van der Waals surface area contributed by atoms with Crippen molar-refractivity contribution in [1.29, 1.82) is 0 Å². The average Bonchev–Trinajstić information content (AvgIpc) is 2.66. The number of ether oxygens (including phenoxy) is 1. The number of amides is 2. The lowest BCUT2D eigenvalue weighted by Crippen LogP contribution is -2.54. The van der Waals surface area contributed by atoms with Gasteiger partial charge in [0.1, 0.15) is 17.3 Å². The maximum atomic E-state index is 13.3. The van der Waals surface area contributed by atoms with E-state index in [0.717, 1.165) is 11.6 Å². The van der Waals surface area contributed by atoms with E-state index < -0.39 is 41.6 Å². The molecule has 1 aromatic carbocycles. The summed E-state index contributed by atoms with van der Waals surface area (Å²) in [5, 5.41) is 2.59. The number of alkyl halides is 3. The molecule has 2 heterocycles. The highest BCUT2D eigenvalue weighted by atomic mass is 19.4. The van der Waals surface area contributed by atoms with Gasteiger partial charge in [-0.15, -0.1) is 0 Å². The molecule has 0 saturated heterocycles. The molecule has 0 unspecified atom stereocenters. The molecule has 31 heavy (non-hydrogen) atoms. The fourth-order valence-electron chi connectivity index (χ4n) is 3.45. The van der Waals surface area contributed by atoms with Gasteiger partial charge in [0.2, 0.25) is 0 Å². The van der Waals surface area contributed by atoms with Crippen LogP contribution in [-0.2, 0) is 22.1 Å². The lowest BCUT2D eigenvalue weighted by atomic mass is 9.95. The maximum absolute atomic E-state index is 13.3. The third kappa shape index (κ3) is 5.15. The molecule has 1 aliphatic heterocycles. The monoisotopic (exact) mass is 435 g/mol. The molecule has 0 spiro atoms. The van der Waals surface area contributed by atoms with Crippen LogP contribution in [0.4, 0.5) is 23.7 Å². The number of hydrogen-bond donors (Lipinski definition) is 1. The van der Waals surface area contributed by atoms with Crippen LogP contribution in [0.15, 0.2) is 42.5 Å². The van der Waals surface area contributed by atoms with Crippen molar-refractivity contribution in [2.45, 2.75) is 58.0 Å². The highest BCUT2D eigenvalue weighted by Gasteiger charge is 2.39. The maximum Gasteiger partial charge on any atom is 0.433 e. The van der Waals surface area contributed by atoms with Gasteiger partial charge in [-0.1, -0.05) is 24.3 Å². The van der Waals surface area contributed by atoms with Crippen LogP contribution in [-0.4, -0.2) is 28.6 Å². The zero-order valence-corrected chi connectivity index (χ0v) is 17.7. The zero-order chi connectivity index (χ0) is 23.0. The summed E-state index contributed by atoms with van der Waals surface area (Å²) >= 11 is 0. The Morgan fingerprint density at radius 3 is 2.48 bits per heavy atom. The number of anilines is 1. The van der Waals surface area contributed by atoms with Crippen molar-refractivity contribution in [1.82, 2.24) is 10.3 Å². The first-order valence-corrected chi connectivity index (χ1v) is 9.81. The molecule has 3 rings (SSSR count). The average molecular weight is 435 g/mol. The number of benzene rings is 1. The number of para-hydroxylation sites is 1. The molecule has 0 saturated carbocycles. The Labute approximate surface area is 178 Å².